The van der Waals surface area contributed by atoms with E-state index in [1.165, 1.54) is 6.07 Å². The van der Waals surface area contributed by atoms with Crippen LogP contribution in [0.5, 0.6) is 0 Å². The summed E-state index contributed by atoms with van der Waals surface area (Å²) in [5, 5.41) is 13.2. The van der Waals surface area contributed by atoms with Gasteiger partial charge in [0.05, 0.1) is 0 Å². The predicted octanol–water partition coefficient (Wildman–Crippen LogP) is 3.10. The van der Waals surface area contributed by atoms with Crippen molar-refractivity contribution in [2.75, 3.05) is 5.32 Å². The molecule has 3 nitrogen and oxygen atoms in total. The standard InChI is InChI=1S/C17H16FNO2/c1-10-2-5-13(14(18)8-10)17(21)12-3-6-15-11(9-12)4-7-16(20)19-15/h2-3,5-6,8-9,17,21H,4,7H2,1H3,(H,19,20). The molecule has 1 aliphatic rings. The SMILES string of the molecule is Cc1ccc(C(O)c2ccc3c(c2)CCC(=O)N3)c(F)c1. The summed E-state index contributed by atoms with van der Waals surface area (Å²) in [4.78, 5) is 11.3. The van der Waals surface area contributed by atoms with Gasteiger partial charge in [-0.2, -0.15) is 0 Å². The number of aliphatic hydroxyl groups is 1. The number of anilines is 1. The Balaban J connectivity index is 1.95. The van der Waals surface area contributed by atoms with Gasteiger partial charge in [-0.15, -0.1) is 0 Å². The number of aryl methyl sites for hydroxylation is 2. The molecule has 4 heteroatoms. The number of hydrogen-bond donors (Lipinski definition) is 2. The Kier molecular flexibility index (Phi) is 3.47. The summed E-state index contributed by atoms with van der Waals surface area (Å²) < 4.78 is 14.0. The lowest BCUT2D eigenvalue weighted by Crippen LogP contribution is -2.19. The molecule has 0 fully saturated rings. The number of carbonyl (C=O) groups is 1. The molecule has 0 radical (unpaired) electrons. The highest BCUT2D eigenvalue weighted by Gasteiger charge is 2.19. The van der Waals surface area contributed by atoms with Crippen LogP contribution in [0.1, 0.15) is 34.8 Å². The van der Waals surface area contributed by atoms with Crippen molar-refractivity contribution in [3.8, 4) is 0 Å². The third-order valence-electron chi connectivity index (χ3n) is 3.79. The molecule has 1 unspecified atom stereocenters. The average molecular weight is 285 g/mol. The van der Waals surface area contributed by atoms with E-state index in [-0.39, 0.29) is 11.5 Å². The maximum absolute atomic E-state index is 14.0. The fraction of sp³-hybridized carbons (Fsp3) is 0.235. The number of aliphatic hydroxyl groups excluding tert-OH is 1. The lowest BCUT2D eigenvalue weighted by molar-refractivity contribution is -0.116. The van der Waals surface area contributed by atoms with E-state index in [1.54, 1.807) is 31.2 Å². The summed E-state index contributed by atoms with van der Waals surface area (Å²) in [5.74, 6) is -0.408. The van der Waals surface area contributed by atoms with Crippen LogP contribution in [-0.2, 0) is 11.2 Å². The Morgan fingerprint density at radius 3 is 2.76 bits per heavy atom. The second-order valence-corrected chi connectivity index (χ2v) is 5.39. The number of amides is 1. The predicted molar refractivity (Wildman–Crippen MR) is 78.6 cm³/mol. The van der Waals surface area contributed by atoms with Crippen LogP contribution in [0, 0.1) is 12.7 Å². The molecule has 0 aromatic heterocycles. The first kappa shape index (κ1) is 13.8. The molecule has 1 heterocycles. The topological polar surface area (TPSA) is 49.3 Å². The fourth-order valence-electron chi connectivity index (χ4n) is 2.61. The molecular weight excluding hydrogens is 269 g/mol. The van der Waals surface area contributed by atoms with Crippen LogP contribution in [0.15, 0.2) is 36.4 Å². The van der Waals surface area contributed by atoms with Gasteiger partial charge in [-0.25, -0.2) is 4.39 Å². The van der Waals surface area contributed by atoms with E-state index in [0.717, 1.165) is 16.8 Å². The molecule has 0 aliphatic carbocycles. The second-order valence-electron chi connectivity index (χ2n) is 5.39. The molecule has 0 bridgehead atoms. The third-order valence-corrected chi connectivity index (χ3v) is 3.79. The average Bonchev–Trinajstić information content (AvgIpc) is 2.46. The number of halogens is 1. The van der Waals surface area contributed by atoms with Crippen molar-refractivity contribution >= 4 is 11.6 Å². The van der Waals surface area contributed by atoms with Crippen molar-refractivity contribution in [3.63, 3.8) is 0 Å². The fourth-order valence-corrected chi connectivity index (χ4v) is 2.61. The van der Waals surface area contributed by atoms with Crippen LogP contribution in [0.25, 0.3) is 0 Å². The molecule has 1 amide bonds. The van der Waals surface area contributed by atoms with Crippen molar-refractivity contribution in [3.05, 3.63) is 64.5 Å². The molecule has 2 aromatic carbocycles. The van der Waals surface area contributed by atoms with Crippen LogP contribution in [0.4, 0.5) is 10.1 Å². The van der Waals surface area contributed by atoms with Crippen molar-refractivity contribution in [1.82, 2.24) is 0 Å². The summed E-state index contributed by atoms with van der Waals surface area (Å²) in [6.07, 6.45) is 0.0670. The zero-order valence-electron chi connectivity index (χ0n) is 11.7. The Hall–Kier alpha value is -2.20. The van der Waals surface area contributed by atoms with Gasteiger partial charge in [0.15, 0.2) is 0 Å². The highest BCUT2D eigenvalue weighted by atomic mass is 19.1. The molecule has 1 atom stereocenters. The van der Waals surface area contributed by atoms with Crippen molar-refractivity contribution in [1.29, 1.82) is 0 Å². The van der Waals surface area contributed by atoms with Crippen LogP contribution < -0.4 is 5.32 Å². The molecule has 2 N–H and O–H groups in total. The van der Waals surface area contributed by atoms with Crippen molar-refractivity contribution in [2.24, 2.45) is 0 Å². The zero-order valence-corrected chi connectivity index (χ0v) is 11.7. The van der Waals surface area contributed by atoms with Crippen molar-refractivity contribution in [2.45, 2.75) is 25.9 Å². The number of rotatable bonds is 2. The summed E-state index contributed by atoms with van der Waals surface area (Å²) >= 11 is 0. The number of fused-ring (bicyclic) bond motifs is 1. The minimum atomic E-state index is -1.01. The molecule has 0 spiro atoms. The van der Waals surface area contributed by atoms with Crippen LogP contribution in [0.3, 0.4) is 0 Å². The van der Waals surface area contributed by atoms with Crippen LogP contribution in [0.2, 0.25) is 0 Å². The minimum absolute atomic E-state index is 0.000350. The van der Waals surface area contributed by atoms with E-state index >= 15 is 0 Å². The van der Waals surface area contributed by atoms with E-state index in [0.29, 0.717) is 18.4 Å². The first-order valence-corrected chi connectivity index (χ1v) is 6.91. The Bertz CT molecular complexity index is 712. The first-order valence-electron chi connectivity index (χ1n) is 6.91. The van der Waals surface area contributed by atoms with Gasteiger partial charge >= 0.3 is 0 Å². The van der Waals surface area contributed by atoms with Gasteiger partial charge < -0.3 is 10.4 Å². The molecule has 0 saturated carbocycles. The normalized spacial score (nSPS) is 15.3. The molecule has 3 rings (SSSR count). The molecule has 1 aliphatic heterocycles. The summed E-state index contributed by atoms with van der Waals surface area (Å²) in [6.45, 7) is 1.81. The van der Waals surface area contributed by atoms with Gasteiger partial charge in [0.25, 0.3) is 0 Å². The largest absolute Gasteiger partial charge is 0.384 e. The van der Waals surface area contributed by atoms with E-state index in [9.17, 15) is 14.3 Å². The monoisotopic (exact) mass is 285 g/mol. The molecule has 0 saturated heterocycles. The summed E-state index contributed by atoms with van der Waals surface area (Å²) in [7, 11) is 0. The minimum Gasteiger partial charge on any atom is -0.384 e. The maximum atomic E-state index is 14.0. The second kappa shape index (κ2) is 5.30. The van der Waals surface area contributed by atoms with Crippen molar-refractivity contribution < 1.29 is 14.3 Å². The van der Waals surface area contributed by atoms with Gasteiger partial charge in [-0.3, -0.25) is 4.79 Å². The van der Waals surface area contributed by atoms with Gasteiger partial charge in [0.2, 0.25) is 5.91 Å². The third kappa shape index (κ3) is 2.67. The van der Waals surface area contributed by atoms with E-state index in [2.05, 4.69) is 5.32 Å². The molecule has 108 valence electrons. The molecule has 2 aromatic rings. The summed E-state index contributed by atoms with van der Waals surface area (Å²) in [5.41, 5.74) is 3.45. The highest BCUT2D eigenvalue weighted by Crippen LogP contribution is 2.30. The van der Waals surface area contributed by atoms with Gasteiger partial charge in [0, 0.05) is 17.7 Å². The number of nitrogens with one attached hydrogen (secondary N) is 1. The zero-order chi connectivity index (χ0) is 15.0. The van der Waals surface area contributed by atoms with Gasteiger partial charge in [-0.05, 0) is 42.2 Å². The lowest BCUT2D eigenvalue weighted by Gasteiger charge is -2.20. The molecular formula is C17H16FNO2. The van der Waals surface area contributed by atoms with E-state index in [4.69, 9.17) is 0 Å². The van der Waals surface area contributed by atoms with Gasteiger partial charge in [0.1, 0.15) is 11.9 Å². The summed E-state index contributed by atoms with van der Waals surface area (Å²) in [6, 6.07) is 10.1. The number of carbonyl (C=O) groups excluding carboxylic acids is 1. The van der Waals surface area contributed by atoms with Crippen LogP contribution in [-0.4, -0.2) is 11.0 Å². The Morgan fingerprint density at radius 1 is 1.19 bits per heavy atom. The number of hydrogen-bond acceptors (Lipinski definition) is 2. The first-order chi connectivity index (χ1) is 10.0. The maximum Gasteiger partial charge on any atom is 0.224 e. The Morgan fingerprint density at radius 2 is 2.00 bits per heavy atom. The van der Waals surface area contributed by atoms with E-state index < -0.39 is 11.9 Å². The smallest absolute Gasteiger partial charge is 0.224 e. The van der Waals surface area contributed by atoms with Gasteiger partial charge in [-0.1, -0.05) is 24.3 Å². The molecule has 21 heavy (non-hydrogen) atoms. The quantitative estimate of drug-likeness (QED) is 0.890. The number of benzene rings is 2. The van der Waals surface area contributed by atoms with Crippen LogP contribution >= 0.6 is 0 Å². The van der Waals surface area contributed by atoms with E-state index in [1.807, 2.05) is 6.07 Å². The highest BCUT2D eigenvalue weighted by molar-refractivity contribution is 5.93. The lowest BCUT2D eigenvalue weighted by atomic mass is 9.95. The Labute approximate surface area is 122 Å².